The summed E-state index contributed by atoms with van der Waals surface area (Å²) in [5.74, 6) is 1.09. The predicted molar refractivity (Wildman–Crippen MR) is 134 cm³/mol. The molecule has 35 heavy (non-hydrogen) atoms. The molecule has 0 bridgehead atoms. The second-order valence-corrected chi connectivity index (χ2v) is 8.91. The quantitative estimate of drug-likeness (QED) is 0.385. The lowest BCUT2D eigenvalue weighted by Crippen LogP contribution is -2.45. The molecule has 0 unspecified atom stereocenters. The number of aryl methyl sites for hydroxylation is 1. The minimum atomic E-state index is -0.250. The van der Waals surface area contributed by atoms with Gasteiger partial charge in [0.2, 0.25) is 5.95 Å². The highest BCUT2D eigenvalue weighted by Gasteiger charge is 2.21. The molecule has 5 aromatic rings. The first-order valence-electron chi connectivity index (χ1n) is 11.8. The van der Waals surface area contributed by atoms with Crippen molar-refractivity contribution in [2.75, 3.05) is 43.4 Å². The number of hydrogen-bond acceptors (Lipinski definition) is 7. The van der Waals surface area contributed by atoms with E-state index < -0.39 is 0 Å². The molecule has 6 rings (SSSR count). The molecule has 2 N–H and O–H groups in total. The van der Waals surface area contributed by atoms with Crippen molar-refractivity contribution in [3.63, 3.8) is 0 Å². The van der Waals surface area contributed by atoms with Crippen LogP contribution in [0.4, 0.5) is 16.2 Å². The van der Waals surface area contributed by atoms with Gasteiger partial charge in [0.15, 0.2) is 17.0 Å². The Balaban J connectivity index is 1.39. The topological polar surface area (TPSA) is 91.0 Å². The van der Waals surface area contributed by atoms with Crippen LogP contribution in [0.3, 0.4) is 0 Å². The van der Waals surface area contributed by atoms with Crippen LogP contribution in [-0.4, -0.2) is 62.6 Å². The van der Waals surface area contributed by atoms with E-state index in [4.69, 9.17) is 14.4 Å². The summed E-state index contributed by atoms with van der Waals surface area (Å²) in [6, 6.07) is 6.76. The first-order chi connectivity index (χ1) is 17.1. The zero-order valence-corrected chi connectivity index (χ0v) is 19.8. The number of nitrogens with zero attached hydrogens (tertiary/aromatic N) is 6. The highest BCUT2D eigenvalue weighted by Crippen LogP contribution is 2.28. The molecule has 0 saturated carbocycles. The van der Waals surface area contributed by atoms with Gasteiger partial charge in [0, 0.05) is 48.8 Å². The number of hydrogen-bond donors (Lipinski definition) is 2. The van der Waals surface area contributed by atoms with Gasteiger partial charge in [0.25, 0.3) is 0 Å². The number of H-pyrrole nitrogens is 1. The highest BCUT2D eigenvalue weighted by atomic mass is 19.1. The molecule has 5 heterocycles. The molecule has 9 nitrogen and oxygen atoms in total. The number of rotatable bonds is 6. The van der Waals surface area contributed by atoms with E-state index in [9.17, 15) is 4.39 Å². The molecule has 1 fully saturated rings. The molecule has 1 aliphatic rings. The number of fused-ring (bicyclic) bond motifs is 2. The Morgan fingerprint density at radius 2 is 2.00 bits per heavy atom. The molecular weight excluding hydrogens is 447 g/mol. The number of piperazine rings is 1. The maximum Gasteiger partial charge on any atom is 0.229 e. The van der Waals surface area contributed by atoms with Gasteiger partial charge < -0.3 is 24.5 Å². The van der Waals surface area contributed by atoms with Crippen LogP contribution < -0.4 is 10.2 Å². The molecule has 0 spiro atoms. The van der Waals surface area contributed by atoms with Crippen molar-refractivity contribution in [1.82, 2.24) is 29.4 Å². The summed E-state index contributed by atoms with van der Waals surface area (Å²) in [4.78, 5) is 22.3. The lowest BCUT2D eigenvalue weighted by atomic mass is 10.1. The minimum absolute atomic E-state index is 0.250. The fourth-order valence-electron chi connectivity index (χ4n) is 4.75. The molecule has 0 radical (unpaired) electrons. The van der Waals surface area contributed by atoms with Gasteiger partial charge in [-0.15, -0.1) is 0 Å². The Morgan fingerprint density at radius 1 is 1.14 bits per heavy atom. The van der Waals surface area contributed by atoms with E-state index >= 15 is 0 Å². The van der Waals surface area contributed by atoms with Crippen LogP contribution in [0, 0.1) is 5.82 Å². The number of benzene rings is 1. The van der Waals surface area contributed by atoms with E-state index in [1.54, 1.807) is 24.9 Å². The van der Waals surface area contributed by atoms with Crippen LogP contribution in [0.15, 0.2) is 47.5 Å². The third kappa shape index (κ3) is 3.89. The van der Waals surface area contributed by atoms with Crippen molar-refractivity contribution < 1.29 is 8.81 Å². The van der Waals surface area contributed by atoms with E-state index in [0.717, 1.165) is 54.9 Å². The zero-order chi connectivity index (χ0) is 23.9. The first kappa shape index (κ1) is 21.6. The zero-order valence-electron chi connectivity index (χ0n) is 19.8. The van der Waals surface area contributed by atoms with Crippen molar-refractivity contribution >= 4 is 33.8 Å². The number of aromatic amines is 1. The van der Waals surface area contributed by atoms with Gasteiger partial charge in [-0.3, -0.25) is 4.57 Å². The maximum absolute atomic E-state index is 13.8. The Labute approximate surface area is 201 Å². The number of likely N-dealkylation sites (N-methyl/N-ethyl adjacent to an activating group) is 1. The minimum Gasteiger partial charge on any atom is -0.470 e. The SMILES string of the molecule is CCc1c(CNc2nc(N3CCN(C)CC3)nc3c2ncn3-c2ccoc2)[nH]c2cc(F)ccc12. The van der Waals surface area contributed by atoms with Gasteiger partial charge in [0.05, 0.1) is 18.5 Å². The summed E-state index contributed by atoms with van der Waals surface area (Å²) in [5.41, 5.74) is 5.23. The number of nitrogens with one attached hydrogen (secondary N) is 2. The van der Waals surface area contributed by atoms with E-state index in [1.807, 2.05) is 16.7 Å². The number of halogens is 1. The second kappa shape index (κ2) is 8.70. The monoisotopic (exact) mass is 474 g/mol. The second-order valence-electron chi connectivity index (χ2n) is 8.91. The van der Waals surface area contributed by atoms with E-state index in [2.05, 4.69) is 39.1 Å². The van der Waals surface area contributed by atoms with Crippen molar-refractivity contribution in [1.29, 1.82) is 0 Å². The smallest absolute Gasteiger partial charge is 0.229 e. The molecule has 1 saturated heterocycles. The summed E-state index contributed by atoms with van der Waals surface area (Å²) in [5, 5.41) is 4.53. The summed E-state index contributed by atoms with van der Waals surface area (Å²) < 4.78 is 21.0. The molecule has 1 aromatic carbocycles. The molecule has 0 aliphatic carbocycles. The lowest BCUT2D eigenvalue weighted by Gasteiger charge is -2.32. The fourth-order valence-corrected chi connectivity index (χ4v) is 4.75. The van der Waals surface area contributed by atoms with Gasteiger partial charge in [0.1, 0.15) is 18.4 Å². The van der Waals surface area contributed by atoms with E-state index in [1.165, 1.54) is 11.6 Å². The van der Waals surface area contributed by atoms with Crippen LogP contribution in [0.5, 0.6) is 0 Å². The maximum atomic E-state index is 13.8. The number of imidazole rings is 1. The van der Waals surface area contributed by atoms with Crippen molar-refractivity contribution in [2.45, 2.75) is 19.9 Å². The summed E-state index contributed by atoms with van der Waals surface area (Å²) in [6.07, 6.45) is 5.88. The molecular formula is C25H27FN8O. The average Bonchev–Trinajstić information content (AvgIpc) is 3.60. The van der Waals surface area contributed by atoms with Crippen molar-refractivity contribution in [2.24, 2.45) is 0 Å². The van der Waals surface area contributed by atoms with Crippen LogP contribution in [0.25, 0.3) is 27.8 Å². The number of aromatic nitrogens is 5. The Kier molecular flexibility index (Phi) is 5.37. The summed E-state index contributed by atoms with van der Waals surface area (Å²) in [7, 11) is 2.12. The van der Waals surface area contributed by atoms with Crippen molar-refractivity contribution in [3.8, 4) is 5.69 Å². The van der Waals surface area contributed by atoms with Gasteiger partial charge in [-0.05, 0) is 37.2 Å². The first-order valence-corrected chi connectivity index (χ1v) is 11.8. The Bertz CT molecular complexity index is 1480. The lowest BCUT2D eigenvalue weighted by molar-refractivity contribution is 0.311. The molecule has 4 aromatic heterocycles. The van der Waals surface area contributed by atoms with E-state index in [0.29, 0.717) is 29.5 Å². The third-order valence-corrected chi connectivity index (χ3v) is 6.70. The average molecular weight is 475 g/mol. The molecule has 0 amide bonds. The van der Waals surface area contributed by atoms with Gasteiger partial charge in [-0.25, -0.2) is 9.37 Å². The largest absolute Gasteiger partial charge is 0.470 e. The number of anilines is 2. The normalized spacial score (nSPS) is 14.9. The fraction of sp³-hybridized carbons (Fsp3) is 0.320. The number of furan rings is 1. The third-order valence-electron chi connectivity index (χ3n) is 6.70. The predicted octanol–water partition coefficient (Wildman–Crippen LogP) is 3.96. The highest BCUT2D eigenvalue weighted by molar-refractivity contribution is 5.87. The standard InChI is InChI=1S/C25H27FN8O/c1-3-18-19-5-4-16(26)12-20(19)29-21(18)13-27-23-22-24(34(15-28-22)17-6-11-35-14-17)31-25(30-23)33-9-7-32(2)8-10-33/h4-6,11-12,14-15,29H,3,7-10,13H2,1-2H3,(H,27,30,31). The van der Waals surface area contributed by atoms with Gasteiger partial charge >= 0.3 is 0 Å². The van der Waals surface area contributed by atoms with Crippen LogP contribution >= 0.6 is 0 Å². The van der Waals surface area contributed by atoms with Gasteiger partial charge in [-0.2, -0.15) is 9.97 Å². The Hall–Kier alpha value is -3.92. The van der Waals surface area contributed by atoms with Crippen LogP contribution in [0.1, 0.15) is 18.2 Å². The van der Waals surface area contributed by atoms with Crippen LogP contribution in [-0.2, 0) is 13.0 Å². The Morgan fingerprint density at radius 3 is 2.77 bits per heavy atom. The molecule has 0 atom stereocenters. The van der Waals surface area contributed by atoms with E-state index in [-0.39, 0.29) is 5.82 Å². The van der Waals surface area contributed by atoms with Gasteiger partial charge in [-0.1, -0.05) is 6.92 Å². The molecule has 1 aliphatic heterocycles. The summed E-state index contributed by atoms with van der Waals surface area (Å²) >= 11 is 0. The molecule has 180 valence electrons. The molecule has 10 heteroatoms. The van der Waals surface area contributed by atoms with Crippen molar-refractivity contribution in [3.05, 3.63) is 60.2 Å². The van der Waals surface area contributed by atoms with Crippen LogP contribution in [0.2, 0.25) is 0 Å². The summed E-state index contributed by atoms with van der Waals surface area (Å²) in [6.45, 7) is 6.24.